The van der Waals surface area contributed by atoms with Crippen LogP contribution in [0.1, 0.15) is 58.8 Å². The summed E-state index contributed by atoms with van der Waals surface area (Å²) in [6, 6.07) is -0.338. The number of carbonyl (C=O) groups is 2. The van der Waals surface area contributed by atoms with Gasteiger partial charge in [0.15, 0.2) is 0 Å². The predicted octanol–water partition coefficient (Wildman–Crippen LogP) is 1.85. The van der Waals surface area contributed by atoms with Crippen LogP contribution in [0.25, 0.3) is 0 Å². The summed E-state index contributed by atoms with van der Waals surface area (Å²) in [7, 11) is 0. The Hall–Kier alpha value is -1.10. The molecule has 1 aliphatic heterocycles. The molecule has 1 spiro atoms. The van der Waals surface area contributed by atoms with Crippen LogP contribution in [0.3, 0.4) is 0 Å². The number of rotatable bonds is 6. The molecule has 2 fully saturated rings. The van der Waals surface area contributed by atoms with Gasteiger partial charge in [-0.15, -0.1) is 0 Å². The third-order valence-corrected chi connectivity index (χ3v) is 4.63. The summed E-state index contributed by atoms with van der Waals surface area (Å²) in [5.74, 6) is 0.114. The smallest absolute Gasteiger partial charge is 0.249 e. The molecule has 1 unspecified atom stereocenters. The van der Waals surface area contributed by atoms with E-state index in [4.69, 9.17) is 4.74 Å². The minimum atomic E-state index is -0.633. The van der Waals surface area contributed by atoms with Gasteiger partial charge < -0.3 is 15.0 Å². The van der Waals surface area contributed by atoms with E-state index in [0.717, 1.165) is 38.5 Å². The lowest BCUT2D eigenvalue weighted by Crippen LogP contribution is -2.71. The number of piperazine rings is 1. The summed E-state index contributed by atoms with van der Waals surface area (Å²) >= 11 is 0. The van der Waals surface area contributed by atoms with Gasteiger partial charge in [0.1, 0.15) is 11.6 Å². The highest BCUT2D eigenvalue weighted by molar-refractivity contribution is 5.99. The highest BCUT2D eigenvalue weighted by Gasteiger charge is 2.50. The highest BCUT2D eigenvalue weighted by Crippen LogP contribution is 2.33. The van der Waals surface area contributed by atoms with E-state index in [1.54, 1.807) is 4.90 Å². The van der Waals surface area contributed by atoms with Crippen molar-refractivity contribution in [3.63, 3.8) is 0 Å². The van der Waals surface area contributed by atoms with Gasteiger partial charge in [-0.05, 0) is 25.7 Å². The first-order valence-corrected chi connectivity index (χ1v) is 8.35. The third kappa shape index (κ3) is 3.39. The Labute approximate surface area is 127 Å². The van der Waals surface area contributed by atoms with Gasteiger partial charge in [0.25, 0.3) is 0 Å². The quantitative estimate of drug-likeness (QED) is 0.761. The van der Waals surface area contributed by atoms with E-state index in [1.165, 1.54) is 0 Å². The molecule has 5 heteroatoms. The molecule has 0 bridgehead atoms. The molecule has 5 nitrogen and oxygen atoms in total. The molecule has 0 aromatic heterocycles. The van der Waals surface area contributed by atoms with Crippen LogP contribution >= 0.6 is 0 Å². The average Bonchev–Trinajstić information content (AvgIpc) is 2.49. The molecule has 1 aliphatic carbocycles. The molecule has 120 valence electrons. The molecular formula is C16H28N2O3. The van der Waals surface area contributed by atoms with E-state index < -0.39 is 5.54 Å². The fourth-order valence-electron chi connectivity index (χ4n) is 3.50. The van der Waals surface area contributed by atoms with E-state index in [1.807, 2.05) is 6.92 Å². The summed E-state index contributed by atoms with van der Waals surface area (Å²) < 4.78 is 5.51. The first-order valence-electron chi connectivity index (χ1n) is 8.35. The number of ether oxygens (including phenoxy) is 1. The van der Waals surface area contributed by atoms with Gasteiger partial charge in [0.2, 0.25) is 11.8 Å². The van der Waals surface area contributed by atoms with Crippen molar-refractivity contribution in [2.24, 2.45) is 0 Å². The molecule has 1 heterocycles. The molecular weight excluding hydrogens is 268 g/mol. The molecule has 1 saturated heterocycles. The van der Waals surface area contributed by atoms with Gasteiger partial charge in [0.05, 0.1) is 6.61 Å². The summed E-state index contributed by atoms with van der Waals surface area (Å²) in [4.78, 5) is 27.1. The van der Waals surface area contributed by atoms with Gasteiger partial charge >= 0.3 is 0 Å². The number of amides is 2. The second-order valence-corrected chi connectivity index (χ2v) is 6.17. The maximum absolute atomic E-state index is 12.9. The normalized spacial score (nSPS) is 25.2. The van der Waals surface area contributed by atoms with E-state index in [0.29, 0.717) is 26.2 Å². The van der Waals surface area contributed by atoms with Crippen LogP contribution in [0.15, 0.2) is 0 Å². The average molecular weight is 296 g/mol. The minimum Gasteiger partial charge on any atom is -0.380 e. The number of hydrogen-bond donors (Lipinski definition) is 1. The van der Waals surface area contributed by atoms with Crippen molar-refractivity contribution < 1.29 is 14.3 Å². The number of nitrogens with one attached hydrogen (secondary N) is 1. The summed E-state index contributed by atoms with van der Waals surface area (Å²) in [6.07, 6.45) is 6.37. The Bertz CT molecular complexity index is 378. The zero-order chi connectivity index (χ0) is 15.3. The Morgan fingerprint density at radius 3 is 2.52 bits per heavy atom. The number of carbonyl (C=O) groups excluding carboxylic acids is 2. The standard InChI is InChI=1S/C16H28N2O3/c1-3-11-21-12-10-18-13(4-2)14(19)17-16(15(18)20)8-6-5-7-9-16/h13H,3-12H2,1-2H3,(H,17,19). The third-order valence-electron chi connectivity index (χ3n) is 4.63. The largest absolute Gasteiger partial charge is 0.380 e. The Kier molecular flexibility index (Phi) is 5.62. The van der Waals surface area contributed by atoms with Gasteiger partial charge in [-0.1, -0.05) is 33.1 Å². The fourth-order valence-corrected chi connectivity index (χ4v) is 3.50. The van der Waals surface area contributed by atoms with Crippen molar-refractivity contribution in [3.8, 4) is 0 Å². The molecule has 1 N–H and O–H groups in total. The van der Waals surface area contributed by atoms with Gasteiger partial charge in [-0.3, -0.25) is 9.59 Å². The van der Waals surface area contributed by atoms with E-state index in [-0.39, 0.29) is 17.9 Å². The van der Waals surface area contributed by atoms with E-state index in [2.05, 4.69) is 12.2 Å². The number of nitrogens with zero attached hydrogens (tertiary/aromatic N) is 1. The summed E-state index contributed by atoms with van der Waals surface area (Å²) in [6.45, 7) is 5.75. The molecule has 2 rings (SSSR count). The van der Waals surface area contributed by atoms with Crippen molar-refractivity contribution in [2.75, 3.05) is 19.8 Å². The maximum atomic E-state index is 12.9. The summed E-state index contributed by atoms with van der Waals surface area (Å²) in [5, 5.41) is 3.04. The second kappa shape index (κ2) is 7.25. The van der Waals surface area contributed by atoms with Crippen molar-refractivity contribution >= 4 is 11.8 Å². The molecule has 1 atom stereocenters. The molecule has 0 aromatic carbocycles. The Balaban J connectivity index is 2.08. The maximum Gasteiger partial charge on any atom is 0.249 e. The van der Waals surface area contributed by atoms with Crippen LogP contribution in [0, 0.1) is 0 Å². The summed E-state index contributed by atoms with van der Waals surface area (Å²) in [5.41, 5.74) is -0.633. The molecule has 2 amide bonds. The Morgan fingerprint density at radius 2 is 1.90 bits per heavy atom. The lowest BCUT2D eigenvalue weighted by Gasteiger charge is -2.47. The van der Waals surface area contributed by atoms with Crippen molar-refractivity contribution in [1.82, 2.24) is 10.2 Å². The molecule has 21 heavy (non-hydrogen) atoms. The molecule has 0 aromatic rings. The number of hydrogen-bond acceptors (Lipinski definition) is 3. The zero-order valence-corrected chi connectivity index (χ0v) is 13.3. The van der Waals surface area contributed by atoms with Crippen LogP contribution in [0.4, 0.5) is 0 Å². The van der Waals surface area contributed by atoms with Crippen LogP contribution in [0.2, 0.25) is 0 Å². The predicted molar refractivity (Wildman–Crippen MR) is 80.9 cm³/mol. The fraction of sp³-hybridized carbons (Fsp3) is 0.875. The molecule has 0 radical (unpaired) electrons. The van der Waals surface area contributed by atoms with Gasteiger partial charge in [-0.25, -0.2) is 0 Å². The van der Waals surface area contributed by atoms with Gasteiger partial charge in [-0.2, -0.15) is 0 Å². The van der Waals surface area contributed by atoms with E-state index in [9.17, 15) is 9.59 Å². The Morgan fingerprint density at radius 1 is 1.19 bits per heavy atom. The van der Waals surface area contributed by atoms with E-state index >= 15 is 0 Å². The van der Waals surface area contributed by atoms with Crippen LogP contribution in [0.5, 0.6) is 0 Å². The first kappa shape index (κ1) is 16.3. The lowest BCUT2D eigenvalue weighted by atomic mass is 9.78. The van der Waals surface area contributed by atoms with Crippen molar-refractivity contribution in [3.05, 3.63) is 0 Å². The molecule has 1 saturated carbocycles. The monoisotopic (exact) mass is 296 g/mol. The minimum absolute atomic E-state index is 0.00879. The van der Waals surface area contributed by atoms with Crippen molar-refractivity contribution in [1.29, 1.82) is 0 Å². The first-order chi connectivity index (χ1) is 10.1. The lowest BCUT2D eigenvalue weighted by molar-refractivity contribution is -0.157. The van der Waals surface area contributed by atoms with Crippen molar-refractivity contribution in [2.45, 2.75) is 70.4 Å². The zero-order valence-electron chi connectivity index (χ0n) is 13.3. The molecule has 2 aliphatic rings. The second-order valence-electron chi connectivity index (χ2n) is 6.17. The topological polar surface area (TPSA) is 58.6 Å². The van der Waals surface area contributed by atoms with Gasteiger partial charge in [0, 0.05) is 13.2 Å². The van der Waals surface area contributed by atoms with Crippen LogP contribution in [-0.2, 0) is 14.3 Å². The highest BCUT2D eigenvalue weighted by atomic mass is 16.5. The SMILES string of the molecule is CCCOCCN1C(=O)C2(CCCCC2)NC(=O)C1CC. The van der Waals surface area contributed by atoms with Crippen LogP contribution in [-0.4, -0.2) is 48.1 Å². The van der Waals surface area contributed by atoms with Crippen LogP contribution < -0.4 is 5.32 Å².